The number of hydrogen-bond donors (Lipinski definition) is 0. The first-order chi connectivity index (χ1) is 25.9. The minimum atomic E-state index is -1.56. The first kappa shape index (κ1) is 36.9. The largest absolute Gasteiger partial charge is 0.516 e. The standard InChI is InChI=1S/C41H37NO11/c43-39(50-28-32-19-11-4-12-20-32)37-35(47-25-29-13-5-1-6-14-29)36(48-26-30-15-7-2-8-16-30)38(49-27-31-17-9-3-10-18-31)40(52-37)53-41(44)51-34-23-21-33(22-24-34)42(45)46/h1-24,35-38,40H,25-28H2/t35-,36-,37-,38+,40-/m0/s1. The molecule has 0 saturated carbocycles. The number of carbonyl (C=O) groups is 2. The molecule has 0 radical (unpaired) electrons. The molecule has 0 aliphatic carbocycles. The van der Waals surface area contributed by atoms with E-state index in [0.29, 0.717) is 0 Å². The third kappa shape index (κ3) is 10.6. The molecule has 1 saturated heterocycles. The maximum absolute atomic E-state index is 14.0. The lowest BCUT2D eigenvalue weighted by atomic mass is 9.97. The Balaban J connectivity index is 1.33. The van der Waals surface area contributed by atoms with Crippen molar-refractivity contribution in [1.29, 1.82) is 0 Å². The topological polar surface area (TPSA) is 142 Å². The van der Waals surface area contributed by atoms with E-state index in [4.69, 9.17) is 33.2 Å². The van der Waals surface area contributed by atoms with Crippen LogP contribution in [-0.4, -0.2) is 47.8 Å². The number of carbonyl (C=O) groups excluding carboxylic acids is 2. The molecule has 272 valence electrons. The molecule has 1 heterocycles. The number of nitrogens with zero attached hydrogens (tertiary/aromatic N) is 1. The average Bonchev–Trinajstić information content (AvgIpc) is 3.19. The molecule has 0 N–H and O–H groups in total. The zero-order chi connectivity index (χ0) is 36.8. The Labute approximate surface area is 305 Å². The second-order valence-electron chi connectivity index (χ2n) is 12.0. The minimum absolute atomic E-state index is 0.0158. The molecule has 0 amide bonds. The van der Waals surface area contributed by atoms with E-state index in [2.05, 4.69) is 0 Å². The molecule has 1 fully saturated rings. The number of esters is 1. The summed E-state index contributed by atoms with van der Waals surface area (Å²) in [7, 11) is 0. The van der Waals surface area contributed by atoms with Crippen LogP contribution in [0, 0.1) is 10.1 Å². The second-order valence-corrected chi connectivity index (χ2v) is 12.0. The van der Waals surface area contributed by atoms with Crippen molar-refractivity contribution in [3.05, 3.63) is 178 Å². The smallest absolute Gasteiger partial charge is 0.459 e. The summed E-state index contributed by atoms with van der Waals surface area (Å²) in [4.78, 5) is 37.8. The second kappa shape index (κ2) is 18.5. The van der Waals surface area contributed by atoms with Crippen molar-refractivity contribution in [2.75, 3.05) is 0 Å². The molecule has 5 aromatic rings. The van der Waals surface area contributed by atoms with Crippen LogP contribution in [0.2, 0.25) is 0 Å². The van der Waals surface area contributed by atoms with Crippen molar-refractivity contribution in [1.82, 2.24) is 0 Å². The van der Waals surface area contributed by atoms with E-state index >= 15 is 0 Å². The quantitative estimate of drug-likeness (QED) is 0.0464. The van der Waals surface area contributed by atoms with Gasteiger partial charge in [0, 0.05) is 12.1 Å². The maximum atomic E-state index is 14.0. The fourth-order valence-electron chi connectivity index (χ4n) is 5.61. The Morgan fingerprint density at radius 3 is 1.47 bits per heavy atom. The number of rotatable bonds is 15. The first-order valence-corrected chi connectivity index (χ1v) is 16.9. The summed E-state index contributed by atoms with van der Waals surface area (Å²) in [5.74, 6) is -0.794. The highest BCUT2D eigenvalue weighted by molar-refractivity contribution is 5.76. The fourth-order valence-corrected chi connectivity index (χ4v) is 5.61. The van der Waals surface area contributed by atoms with Crippen LogP contribution in [0.1, 0.15) is 22.3 Å². The molecule has 0 bridgehead atoms. The summed E-state index contributed by atoms with van der Waals surface area (Å²) in [6.45, 7) is 0.184. The monoisotopic (exact) mass is 719 g/mol. The van der Waals surface area contributed by atoms with Crippen molar-refractivity contribution in [2.45, 2.75) is 57.1 Å². The number of nitro groups is 1. The van der Waals surface area contributed by atoms with Crippen LogP contribution in [0.25, 0.3) is 0 Å². The van der Waals surface area contributed by atoms with Crippen LogP contribution in [-0.2, 0) is 59.6 Å². The van der Waals surface area contributed by atoms with Gasteiger partial charge in [-0.05, 0) is 34.4 Å². The predicted octanol–water partition coefficient (Wildman–Crippen LogP) is 7.33. The Morgan fingerprint density at radius 1 is 0.566 bits per heavy atom. The molecular weight excluding hydrogens is 682 g/mol. The summed E-state index contributed by atoms with van der Waals surface area (Å²) < 4.78 is 42.5. The number of ether oxygens (including phenoxy) is 7. The zero-order valence-electron chi connectivity index (χ0n) is 28.5. The Bertz CT molecular complexity index is 1900. The molecule has 0 unspecified atom stereocenters. The van der Waals surface area contributed by atoms with Gasteiger partial charge >= 0.3 is 12.1 Å². The van der Waals surface area contributed by atoms with Crippen LogP contribution >= 0.6 is 0 Å². The van der Waals surface area contributed by atoms with Gasteiger partial charge in [0.2, 0.25) is 6.29 Å². The number of non-ortho nitro benzene ring substituents is 1. The molecule has 0 spiro atoms. The molecule has 0 aromatic heterocycles. The summed E-state index contributed by atoms with van der Waals surface area (Å²) >= 11 is 0. The van der Waals surface area contributed by atoms with Gasteiger partial charge in [-0.25, -0.2) is 9.59 Å². The molecular formula is C41H37NO11. The molecule has 5 aromatic carbocycles. The summed E-state index contributed by atoms with van der Waals surface area (Å²) in [5.41, 5.74) is 3.04. The molecule has 1 aliphatic rings. The number of benzene rings is 5. The molecule has 6 rings (SSSR count). The summed E-state index contributed by atoms with van der Waals surface area (Å²) in [5, 5.41) is 11.1. The first-order valence-electron chi connectivity index (χ1n) is 16.9. The molecule has 1 aliphatic heterocycles. The van der Waals surface area contributed by atoms with E-state index in [0.717, 1.165) is 22.3 Å². The summed E-state index contributed by atoms with van der Waals surface area (Å²) in [6, 6.07) is 42.2. The lowest BCUT2D eigenvalue weighted by molar-refractivity contribution is -0.384. The van der Waals surface area contributed by atoms with Gasteiger partial charge in [0.15, 0.2) is 6.10 Å². The number of nitro benzene ring substituents is 1. The third-order valence-corrected chi connectivity index (χ3v) is 8.27. The molecule has 12 heteroatoms. The van der Waals surface area contributed by atoms with Gasteiger partial charge in [-0.1, -0.05) is 121 Å². The van der Waals surface area contributed by atoms with Gasteiger partial charge in [0.05, 0.1) is 24.7 Å². The highest BCUT2D eigenvalue weighted by atomic mass is 16.8. The van der Waals surface area contributed by atoms with Gasteiger partial charge in [0.25, 0.3) is 5.69 Å². The van der Waals surface area contributed by atoms with Gasteiger partial charge in [0.1, 0.15) is 30.7 Å². The van der Waals surface area contributed by atoms with Crippen LogP contribution in [0.3, 0.4) is 0 Å². The average molecular weight is 720 g/mol. The predicted molar refractivity (Wildman–Crippen MR) is 190 cm³/mol. The summed E-state index contributed by atoms with van der Waals surface area (Å²) in [6.07, 6.45) is -7.52. The van der Waals surface area contributed by atoms with Crippen molar-refractivity contribution in [3.8, 4) is 5.75 Å². The van der Waals surface area contributed by atoms with E-state index in [1.807, 2.05) is 121 Å². The zero-order valence-corrected chi connectivity index (χ0v) is 28.5. The Kier molecular flexibility index (Phi) is 12.9. The lowest BCUT2D eigenvalue weighted by Gasteiger charge is -2.44. The molecule has 12 nitrogen and oxygen atoms in total. The lowest BCUT2D eigenvalue weighted by Crippen LogP contribution is -2.63. The van der Waals surface area contributed by atoms with Crippen molar-refractivity contribution in [3.63, 3.8) is 0 Å². The number of hydrogen-bond acceptors (Lipinski definition) is 11. The Morgan fingerprint density at radius 2 is 1.00 bits per heavy atom. The molecule has 5 atom stereocenters. The SMILES string of the molecule is O=C(Oc1ccc([N+](=O)[O-])cc1)O[C@@H]1O[C@H](C(=O)OCc2ccccc2)[C@@H](OCc2ccccc2)[C@H](OCc2ccccc2)[C@H]1OCc1ccccc1. The van der Waals surface area contributed by atoms with Crippen LogP contribution in [0.15, 0.2) is 146 Å². The maximum Gasteiger partial charge on any atom is 0.516 e. The van der Waals surface area contributed by atoms with E-state index in [-0.39, 0.29) is 37.9 Å². The van der Waals surface area contributed by atoms with Gasteiger partial charge in [-0.2, -0.15) is 0 Å². The fraction of sp³-hybridized carbons (Fsp3) is 0.220. The normalized spacial score (nSPS) is 19.5. The highest BCUT2D eigenvalue weighted by Crippen LogP contribution is 2.32. The van der Waals surface area contributed by atoms with Crippen LogP contribution in [0.5, 0.6) is 5.75 Å². The van der Waals surface area contributed by atoms with Crippen molar-refractivity contribution < 1.29 is 47.7 Å². The Hall–Kier alpha value is -5.92. The third-order valence-electron chi connectivity index (χ3n) is 8.27. The van der Waals surface area contributed by atoms with Gasteiger partial charge in [-0.3, -0.25) is 10.1 Å². The van der Waals surface area contributed by atoms with Crippen molar-refractivity contribution >= 4 is 17.8 Å². The molecule has 53 heavy (non-hydrogen) atoms. The highest BCUT2D eigenvalue weighted by Gasteiger charge is 2.53. The van der Waals surface area contributed by atoms with Crippen LogP contribution in [0.4, 0.5) is 10.5 Å². The van der Waals surface area contributed by atoms with E-state index < -0.39 is 47.8 Å². The van der Waals surface area contributed by atoms with E-state index in [1.54, 1.807) is 0 Å². The van der Waals surface area contributed by atoms with Crippen LogP contribution < -0.4 is 4.74 Å². The van der Waals surface area contributed by atoms with Gasteiger partial charge < -0.3 is 33.2 Å². The van der Waals surface area contributed by atoms with Crippen molar-refractivity contribution in [2.24, 2.45) is 0 Å². The van der Waals surface area contributed by atoms with Gasteiger partial charge in [-0.15, -0.1) is 0 Å². The minimum Gasteiger partial charge on any atom is -0.459 e. The van der Waals surface area contributed by atoms with E-state index in [1.165, 1.54) is 24.3 Å². The van der Waals surface area contributed by atoms with E-state index in [9.17, 15) is 19.7 Å².